The highest BCUT2D eigenvalue weighted by atomic mass is 32.1. The zero-order valence-electron chi connectivity index (χ0n) is 11.1. The summed E-state index contributed by atoms with van der Waals surface area (Å²) in [6.45, 7) is 3.88. The monoisotopic (exact) mass is 282 g/mol. The van der Waals surface area contributed by atoms with Gasteiger partial charge in [-0.3, -0.25) is 0 Å². The molecule has 1 aromatic heterocycles. The second kappa shape index (κ2) is 5.75. The first-order valence-corrected chi connectivity index (χ1v) is 6.88. The largest absolute Gasteiger partial charge is 0.312 e. The van der Waals surface area contributed by atoms with E-state index in [0.717, 1.165) is 21.6 Å². The van der Waals surface area contributed by atoms with Gasteiger partial charge >= 0.3 is 0 Å². The zero-order valence-corrected chi connectivity index (χ0v) is 11.9. The Morgan fingerprint density at radius 3 is 2.63 bits per heavy atom. The first-order valence-electron chi connectivity index (χ1n) is 6.06. The van der Waals surface area contributed by atoms with Crippen LogP contribution in [0.25, 0.3) is 0 Å². The van der Waals surface area contributed by atoms with Crippen molar-refractivity contribution in [2.24, 2.45) is 0 Å². The number of benzene rings is 1. The summed E-state index contributed by atoms with van der Waals surface area (Å²) in [5, 5.41) is 4.13. The molecular weight excluding hydrogens is 266 g/mol. The van der Waals surface area contributed by atoms with Crippen molar-refractivity contribution < 1.29 is 8.78 Å². The van der Waals surface area contributed by atoms with E-state index in [0.29, 0.717) is 12.0 Å². The highest BCUT2D eigenvalue weighted by molar-refractivity contribution is 7.11. The minimum absolute atomic E-state index is 0.0532. The van der Waals surface area contributed by atoms with Crippen LogP contribution in [0.15, 0.2) is 18.2 Å². The Morgan fingerprint density at radius 1 is 1.32 bits per heavy atom. The maximum Gasteiger partial charge on any atom is 0.126 e. The Labute approximate surface area is 115 Å². The van der Waals surface area contributed by atoms with Gasteiger partial charge in [-0.25, -0.2) is 13.8 Å². The van der Waals surface area contributed by atoms with Crippen LogP contribution < -0.4 is 5.32 Å². The van der Waals surface area contributed by atoms with E-state index in [1.165, 1.54) is 12.1 Å². The molecule has 2 rings (SSSR count). The minimum Gasteiger partial charge on any atom is -0.312 e. The molecule has 0 amide bonds. The quantitative estimate of drug-likeness (QED) is 0.927. The third-order valence-corrected chi connectivity index (χ3v) is 4.22. The molecular formula is C14H16F2N2S. The van der Waals surface area contributed by atoms with Crippen molar-refractivity contribution in [1.29, 1.82) is 0 Å². The number of nitrogens with one attached hydrogen (secondary N) is 1. The summed E-state index contributed by atoms with van der Waals surface area (Å²) in [5.74, 6) is -0.788. The highest BCUT2D eigenvalue weighted by Crippen LogP contribution is 2.28. The molecule has 102 valence electrons. The van der Waals surface area contributed by atoms with Gasteiger partial charge in [-0.15, -0.1) is 11.3 Å². The van der Waals surface area contributed by atoms with Gasteiger partial charge in [0.1, 0.15) is 11.6 Å². The Hall–Kier alpha value is -1.33. The van der Waals surface area contributed by atoms with Crippen LogP contribution in [0.4, 0.5) is 8.78 Å². The lowest BCUT2D eigenvalue weighted by Crippen LogP contribution is -2.19. The number of aromatic nitrogens is 1. The summed E-state index contributed by atoms with van der Waals surface area (Å²) in [6, 6.07) is 3.50. The molecule has 1 N–H and O–H groups in total. The first kappa shape index (κ1) is 14.1. The second-order valence-electron chi connectivity index (χ2n) is 4.46. The van der Waals surface area contributed by atoms with E-state index < -0.39 is 5.82 Å². The smallest absolute Gasteiger partial charge is 0.126 e. The average Bonchev–Trinajstić information content (AvgIpc) is 2.69. The average molecular weight is 282 g/mol. The third kappa shape index (κ3) is 3.16. The molecule has 1 unspecified atom stereocenters. The lowest BCUT2D eigenvalue weighted by atomic mass is 10.0. The molecule has 2 aromatic rings. The summed E-state index contributed by atoms with van der Waals surface area (Å²) < 4.78 is 26.9. The lowest BCUT2D eigenvalue weighted by molar-refractivity contribution is 0.546. The SMILES string of the molecule is CNC(Cc1cc(F)ccc1F)c1sc(C)nc1C. The van der Waals surface area contributed by atoms with Crippen molar-refractivity contribution in [2.45, 2.75) is 26.3 Å². The minimum atomic E-state index is -0.413. The van der Waals surface area contributed by atoms with Crippen LogP contribution in [-0.4, -0.2) is 12.0 Å². The summed E-state index contributed by atoms with van der Waals surface area (Å²) in [5.41, 5.74) is 1.32. The predicted octanol–water partition coefficient (Wildman–Crippen LogP) is 3.54. The first-order chi connectivity index (χ1) is 9.01. The Morgan fingerprint density at radius 2 is 2.05 bits per heavy atom. The molecule has 0 aliphatic rings. The molecule has 1 aromatic carbocycles. The van der Waals surface area contributed by atoms with Crippen molar-refractivity contribution in [2.75, 3.05) is 7.05 Å². The normalized spacial score (nSPS) is 12.7. The van der Waals surface area contributed by atoms with Crippen LogP contribution in [0.5, 0.6) is 0 Å². The Bertz CT molecular complexity index is 581. The Kier molecular flexibility index (Phi) is 4.27. The molecule has 5 heteroatoms. The van der Waals surface area contributed by atoms with E-state index in [9.17, 15) is 8.78 Å². The van der Waals surface area contributed by atoms with Gasteiger partial charge in [0.15, 0.2) is 0 Å². The molecule has 0 aliphatic heterocycles. The molecule has 0 radical (unpaired) electrons. The standard InChI is InChI=1S/C14H16F2N2S/c1-8-14(19-9(2)18-8)13(17-3)7-10-6-11(15)4-5-12(10)16/h4-6,13,17H,7H2,1-3H3. The van der Waals surface area contributed by atoms with Crippen molar-refractivity contribution in [3.05, 3.63) is 51.0 Å². The molecule has 19 heavy (non-hydrogen) atoms. The number of aryl methyl sites for hydroxylation is 2. The fraction of sp³-hybridized carbons (Fsp3) is 0.357. The molecule has 0 saturated carbocycles. The van der Waals surface area contributed by atoms with Gasteiger partial charge in [0.05, 0.1) is 10.7 Å². The van der Waals surface area contributed by atoms with E-state index in [-0.39, 0.29) is 11.9 Å². The zero-order chi connectivity index (χ0) is 14.0. The number of nitrogens with zero attached hydrogens (tertiary/aromatic N) is 1. The number of halogens is 2. The second-order valence-corrected chi connectivity index (χ2v) is 5.70. The number of hydrogen-bond donors (Lipinski definition) is 1. The fourth-order valence-electron chi connectivity index (χ4n) is 2.12. The molecule has 1 atom stereocenters. The van der Waals surface area contributed by atoms with E-state index in [2.05, 4.69) is 10.3 Å². The third-order valence-electron chi connectivity index (χ3n) is 3.04. The number of thiazole rings is 1. The van der Waals surface area contributed by atoms with Crippen molar-refractivity contribution >= 4 is 11.3 Å². The van der Waals surface area contributed by atoms with Gasteiger partial charge in [-0.2, -0.15) is 0 Å². The van der Waals surface area contributed by atoms with E-state index in [4.69, 9.17) is 0 Å². The van der Waals surface area contributed by atoms with Crippen LogP contribution in [0.3, 0.4) is 0 Å². The topological polar surface area (TPSA) is 24.9 Å². The maximum absolute atomic E-state index is 13.7. The molecule has 0 spiro atoms. The van der Waals surface area contributed by atoms with Crippen LogP contribution in [0.2, 0.25) is 0 Å². The van der Waals surface area contributed by atoms with Gasteiger partial charge < -0.3 is 5.32 Å². The van der Waals surface area contributed by atoms with Crippen molar-refractivity contribution in [1.82, 2.24) is 10.3 Å². The number of rotatable bonds is 4. The van der Waals surface area contributed by atoms with Crippen LogP contribution in [0, 0.1) is 25.5 Å². The van der Waals surface area contributed by atoms with Gasteiger partial charge in [-0.1, -0.05) is 0 Å². The number of hydrogen-bond acceptors (Lipinski definition) is 3. The number of likely N-dealkylation sites (N-methyl/N-ethyl adjacent to an activating group) is 1. The molecule has 1 heterocycles. The molecule has 0 fully saturated rings. The van der Waals surface area contributed by atoms with E-state index >= 15 is 0 Å². The van der Waals surface area contributed by atoms with Crippen molar-refractivity contribution in [3.63, 3.8) is 0 Å². The van der Waals surface area contributed by atoms with Gasteiger partial charge in [0, 0.05) is 10.9 Å². The van der Waals surface area contributed by atoms with Gasteiger partial charge in [0.25, 0.3) is 0 Å². The summed E-state index contributed by atoms with van der Waals surface area (Å²) >= 11 is 1.59. The van der Waals surface area contributed by atoms with Crippen LogP contribution in [0.1, 0.15) is 27.2 Å². The summed E-state index contributed by atoms with van der Waals surface area (Å²) in [6.07, 6.45) is 0.405. The summed E-state index contributed by atoms with van der Waals surface area (Å²) in [7, 11) is 1.82. The van der Waals surface area contributed by atoms with E-state index in [1.54, 1.807) is 11.3 Å². The maximum atomic E-state index is 13.7. The summed E-state index contributed by atoms with van der Waals surface area (Å²) in [4.78, 5) is 5.45. The van der Waals surface area contributed by atoms with Crippen LogP contribution >= 0.6 is 11.3 Å². The van der Waals surface area contributed by atoms with E-state index in [1.807, 2.05) is 20.9 Å². The van der Waals surface area contributed by atoms with Gasteiger partial charge in [0.2, 0.25) is 0 Å². The predicted molar refractivity (Wildman–Crippen MR) is 73.5 cm³/mol. The molecule has 0 aliphatic carbocycles. The van der Waals surface area contributed by atoms with Gasteiger partial charge in [-0.05, 0) is 51.1 Å². The van der Waals surface area contributed by atoms with Crippen LogP contribution in [-0.2, 0) is 6.42 Å². The molecule has 0 bridgehead atoms. The Balaban J connectivity index is 2.29. The van der Waals surface area contributed by atoms with Crippen molar-refractivity contribution in [3.8, 4) is 0 Å². The highest BCUT2D eigenvalue weighted by Gasteiger charge is 2.18. The molecule has 0 saturated heterocycles. The molecule has 2 nitrogen and oxygen atoms in total. The fourth-order valence-corrected chi connectivity index (χ4v) is 3.15. The lowest BCUT2D eigenvalue weighted by Gasteiger charge is -2.15.